The SMILES string of the molecule is O=C(NCCc1noc(C2CCCC2)n1)c1cc(CO)ccn1. The monoisotopic (exact) mass is 316 g/mol. The number of aromatic nitrogens is 3. The Morgan fingerprint density at radius 2 is 2.22 bits per heavy atom. The maximum absolute atomic E-state index is 12.0. The minimum Gasteiger partial charge on any atom is -0.392 e. The van der Waals surface area contributed by atoms with Gasteiger partial charge in [0.25, 0.3) is 5.91 Å². The summed E-state index contributed by atoms with van der Waals surface area (Å²) < 4.78 is 5.31. The van der Waals surface area contributed by atoms with Gasteiger partial charge in [-0.1, -0.05) is 18.0 Å². The number of rotatable bonds is 6. The van der Waals surface area contributed by atoms with E-state index in [1.54, 1.807) is 12.1 Å². The highest BCUT2D eigenvalue weighted by atomic mass is 16.5. The van der Waals surface area contributed by atoms with Crippen molar-refractivity contribution < 1.29 is 14.4 Å². The highest BCUT2D eigenvalue weighted by Crippen LogP contribution is 2.32. The Bertz CT molecular complexity index is 665. The Morgan fingerprint density at radius 3 is 3.00 bits per heavy atom. The van der Waals surface area contributed by atoms with Gasteiger partial charge in [0.05, 0.1) is 6.61 Å². The van der Waals surface area contributed by atoms with E-state index in [9.17, 15) is 4.79 Å². The number of aliphatic hydroxyl groups excluding tert-OH is 1. The van der Waals surface area contributed by atoms with Crippen molar-refractivity contribution >= 4 is 5.91 Å². The lowest BCUT2D eigenvalue weighted by atomic mass is 10.1. The zero-order valence-electron chi connectivity index (χ0n) is 12.9. The van der Waals surface area contributed by atoms with E-state index in [-0.39, 0.29) is 18.2 Å². The molecule has 2 aromatic heterocycles. The summed E-state index contributed by atoms with van der Waals surface area (Å²) in [5.74, 6) is 1.46. The molecule has 0 radical (unpaired) electrons. The van der Waals surface area contributed by atoms with Gasteiger partial charge in [0.1, 0.15) is 5.69 Å². The number of pyridine rings is 1. The van der Waals surface area contributed by atoms with Crippen LogP contribution in [-0.4, -0.2) is 32.7 Å². The third-order valence-corrected chi connectivity index (χ3v) is 4.06. The maximum Gasteiger partial charge on any atom is 0.269 e. The van der Waals surface area contributed by atoms with Gasteiger partial charge in [-0.05, 0) is 30.5 Å². The second-order valence-electron chi connectivity index (χ2n) is 5.74. The van der Waals surface area contributed by atoms with Crippen LogP contribution >= 0.6 is 0 Å². The molecule has 2 heterocycles. The fraction of sp³-hybridized carbons (Fsp3) is 0.500. The van der Waals surface area contributed by atoms with Crippen molar-refractivity contribution in [2.75, 3.05) is 6.54 Å². The number of amides is 1. The number of carbonyl (C=O) groups excluding carboxylic acids is 1. The van der Waals surface area contributed by atoms with Crippen LogP contribution in [0.2, 0.25) is 0 Å². The lowest BCUT2D eigenvalue weighted by Gasteiger charge is -2.04. The Morgan fingerprint density at radius 1 is 1.39 bits per heavy atom. The summed E-state index contributed by atoms with van der Waals surface area (Å²) in [6.45, 7) is 0.295. The van der Waals surface area contributed by atoms with Crippen LogP contribution in [0.15, 0.2) is 22.9 Å². The molecule has 7 heteroatoms. The van der Waals surface area contributed by atoms with E-state index in [0.29, 0.717) is 30.3 Å². The predicted molar refractivity (Wildman–Crippen MR) is 81.7 cm³/mol. The molecule has 2 N–H and O–H groups in total. The average Bonchev–Trinajstić information content (AvgIpc) is 3.26. The zero-order valence-corrected chi connectivity index (χ0v) is 12.9. The Hall–Kier alpha value is -2.28. The molecule has 0 bridgehead atoms. The van der Waals surface area contributed by atoms with Crippen LogP contribution in [0.25, 0.3) is 0 Å². The van der Waals surface area contributed by atoms with Crippen molar-refractivity contribution in [2.24, 2.45) is 0 Å². The largest absolute Gasteiger partial charge is 0.392 e. The van der Waals surface area contributed by atoms with Crippen LogP contribution in [0.5, 0.6) is 0 Å². The third kappa shape index (κ3) is 3.92. The van der Waals surface area contributed by atoms with Gasteiger partial charge in [-0.25, -0.2) is 0 Å². The lowest BCUT2D eigenvalue weighted by molar-refractivity contribution is 0.0948. The zero-order chi connectivity index (χ0) is 16.1. The second-order valence-corrected chi connectivity index (χ2v) is 5.74. The maximum atomic E-state index is 12.0. The van der Waals surface area contributed by atoms with Crippen LogP contribution in [0.3, 0.4) is 0 Å². The highest BCUT2D eigenvalue weighted by Gasteiger charge is 2.22. The number of nitrogens with zero attached hydrogens (tertiary/aromatic N) is 3. The Labute approximate surface area is 134 Å². The summed E-state index contributed by atoms with van der Waals surface area (Å²) in [7, 11) is 0. The van der Waals surface area contributed by atoms with Crippen molar-refractivity contribution in [1.29, 1.82) is 0 Å². The molecule has 1 saturated carbocycles. The molecule has 0 aromatic carbocycles. The Kier molecular flexibility index (Phi) is 4.97. The van der Waals surface area contributed by atoms with E-state index in [1.165, 1.54) is 19.0 Å². The molecular formula is C16H20N4O3. The fourth-order valence-corrected chi connectivity index (χ4v) is 2.78. The molecule has 0 unspecified atom stereocenters. The molecule has 7 nitrogen and oxygen atoms in total. The first-order chi connectivity index (χ1) is 11.3. The predicted octanol–water partition coefficient (Wildman–Crippen LogP) is 1.59. The molecule has 3 rings (SSSR count). The summed E-state index contributed by atoms with van der Waals surface area (Å²) in [5, 5.41) is 15.8. The molecular weight excluding hydrogens is 296 g/mol. The molecule has 0 atom stereocenters. The second kappa shape index (κ2) is 7.32. The van der Waals surface area contributed by atoms with Gasteiger partial charge < -0.3 is 14.9 Å². The van der Waals surface area contributed by atoms with E-state index in [0.717, 1.165) is 18.7 Å². The van der Waals surface area contributed by atoms with Gasteiger partial charge in [0, 0.05) is 25.1 Å². The quantitative estimate of drug-likeness (QED) is 0.839. The van der Waals surface area contributed by atoms with Crippen LogP contribution in [0.4, 0.5) is 0 Å². The van der Waals surface area contributed by atoms with E-state index < -0.39 is 0 Å². The van der Waals surface area contributed by atoms with Crippen LogP contribution in [0.1, 0.15) is 59.4 Å². The first kappa shape index (κ1) is 15.6. The molecule has 1 aliphatic rings. The number of nitrogens with one attached hydrogen (secondary N) is 1. The smallest absolute Gasteiger partial charge is 0.269 e. The van der Waals surface area contributed by atoms with Crippen LogP contribution < -0.4 is 5.32 Å². The van der Waals surface area contributed by atoms with Crippen LogP contribution in [-0.2, 0) is 13.0 Å². The first-order valence-electron chi connectivity index (χ1n) is 7.92. The van der Waals surface area contributed by atoms with Gasteiger partial charge in [-0.15, -0.1) is 0 Å². The van der Waals surface area contributed by atoms with Crippen molar-refractivity contribution in [3.8, 4) is 0 Å². The van der Waals surface area contributed by atoms with Crippen molar-refractivity contribution in [3.63, 3.8) is 0 Å². The first-order valence-corrected chi connectivity index (χ1v) is 7.92. The molecule has 23 heavy (non-hydrogen) atoms. The summed E-state index contributed by atoms with van der Waals surface area (Å²) in [4.78, 5) is 20.4. The molecule has 1 aliphatic carbocycles. The van der Waals surface area contributed by atoms with Gasteiger partial charge in [-0.3, -0.25) is 9.78 Å². The van der Waals surface area contributed by atoms with E-state index in [2.05, 4.69) is 20.4 Å². The molecule has 0 aliphatic heterocycles. The van der Waals surface area contributed by atoms with Crippen molar-refractivity contribution in [1.82, 2.24) is 20.4 Å². The summed E-state index contributed by atoms with van der Waals surface area (Å²) in [6, 6.07) is 3.24. The van der Waals surface area contributed by atoms with Gasteiger partial charge in [0.15, 0.2) is 5.82 Å². The third-order valence-electron chi connectivity index (χ3n) is 4.06. The van der Waals surface area contributed by atoms with Gasteiger partial charge >= 0.3 is 0 Å². The molecule has 1 fully saturated rings. The molecule has 2 aromatic rings. The topological polar surface area (TPSA) is 101 Å². The molecule has 122 valence electrons. The molecule has 0 saturated heterocycles. The number of hydrogen-bond acceptors (Lipinski definition) is 6. The minimum atomic E-state index is -0.278. The van der Waals surface area contributed by atoms with Crippen molar-refractivity contribution in [2.45, 2.75) is 44.6 Å². The minimum absolute atomic E-state index is 0.115. The lowest BCUT2D eigenvalue weighted by Crippen LogP contribution is -2.26. The van der Waals surface area contributed by atoms with Gasteiger partial charge in [0.2, 0.25) is 5.89 Å². The summed E-state index contributed by atoms with van der Waals surface area (Å²) in [6.07, 6.45) is 6.70. The molecule has 1 amide bonds. The normalized spacial score (nSPS) is 15.0. The van der Waals surface area contributed by atoms with E-state index in [1.807, 2.05) is 0 Å². The summed E-state index contributed by atoms with van der Waals surface area (Å²) in [5.41, 5.74) is 0.945. The van der Waals surface area contributed by atoms with Crippen molar-refractivity contribution in [3.05, 3.63) is 41.3 Å². The number of carbonyl (C=O) groups is 1. The Balaban J connectivity index is 1.49. The number of aliphatic hydroxyl groups is 1. The van der Waals surface area contributed by atoms with E-state index >= 15 is 0 Å². The standard InChI is InChI=1S/C16H20N4O3/c21-10-11-5-7-17-13(9-11)15(22)18-8-6-14-19-16(23-20-14)12-3-1-2-4-12/h5,7,9,12,21H,1-4,6,8,10H2,(H,18,22). The number of hydrogen-bond donors (Lipinski definition) is 2. The van der Waals surface area contributed by atoms with Gasteiger partial charge in [-0.2, -0.15) is 4.98 Å². The highest BCUT2D eigenvalue weighted by molar-refractivity contribution is 5.92. The fourth-order valence-electron chi connectivity index (χ4n) is 2.78. The van der Waals surface area contributed by atoms with Crippen LogP contribution in [0, 0.1) is 0 Å². The van der Waals surface area contributed by atoms with E-state index in [4.69, 9.17) is 9.63 Å². The average molecular weight is 316 g/mol. The molecule has 0 spiro atoms. The summed E-state index contributed by atoms with van der Waals surface area (Å²) >= 11 is 0.